The molecule has 0 saturated carbocycles. The largest absolute Gasteiger partial charge is 0.350 e. The second kappa shape index (κ2) is 7.97. The van der Waals surface area contributed by atoms with E-state index in [0.29, 0.717) is 0 Å². The Kier molecular flexibility index (Phi) is 5.95. The van der Waals surface area contributed by atoms with Crippen molar-refractivity contribution in [3.8, 4) is 0 Å². The summed E-state index contributed by atoms with van der Waals surface area (Å²) in [6, 6.07) is 4.24. The Hall–Kier alpha value is -1.46. The Labute approximate surface area is 124 Å². The number of rotatable bonds is 8. The van der Waals surface area contributed by atoms with Crippen molar-refractivity contribution in [3.05, 3.63) is 40.5 Å². The molecule has 2 aromatic heterocycles. The van der Waals surface area contributed by atoms with Gasteiger partial charge in [0.05, 0.1) is 24.6 Å². The van der Waals surface area contributed by atoms with Crippen LogP contribution in [0.15, 0.2) is 29.9 Å². The zero-order chi connectivity index (χ0) is 14.2. The molecule has 0 fully saturated rings. The Morgan fingerprint density at radius 1 is 1.25 bits per heavy atom. The van der Waals surface area contributed by atoms with Gasteiger partial charge in [-0.05, 0) is 31.3 Å². The third-order valence-corrected chi connectivity index (χ3v) is 3.92. The van der Waals surface area contributed by atoms with E-state index in [1.807, 2.05) is 12.4 Å². The number of thiophene rings is 1. The molecule has 0 unspecified atom stereocenters. The molecule has 0 aliphatic heterocycles. The van der Waals surface area contributed by atoms with Crippen LogP contribution in [-0.2, 0) is 13.1 Å². The van der Waals surface area contributed by atoms with E-state index in [1.165, 1.54) is 4.88 Å². The van der Waals surface area contributed by atoms with Gasteiger partial charge in [0, 0.05) is 18.0 Å². The minimum absolute atomic E-state index is 0.790. The van der Waals surface area contributed by atoms with E-state index in [1.54, 1.807) is 11.3 Å². The number of anilines is 1. The van der Waals surface area contributed by atoms with Crippen molar-refractivity contribution in [2.75, 3.05) is 18.0 Å². The molecule has 0 radical (unpaired) electrons. The van der Waals surface area contributed by atoms with Crippen LogP contribution in [0.1, 0.15) is 30.8 Å². The minimum Gasteiger partial charge on any atom is -0.350 e. The summed E-state index contributed by atoms with van der Waals surface area (Å²) < 4.78 is 0. The molecule has 108 valence electrons. The maximum atomic E-state index is 4.54. The lowest BCUT2D eigenvalue weighted by Gasteiger charge is -2.20. The molecule has 2 aromatic rings. The fourth-order valence-electron chi connectivity index (χ4n) is 1.94. The smallest absolute Gasteiger partial charge is 0.147 e. The molecule has 0 amide bonds. The van der Waals surface area contributed by atoms with Crippen LogP contribution in [0.5, 0.6) is 0 Å². The highest BCUT2D eigenvalue weighted by atomic mass is 32.1. The normalized spacial score (nSPS) is 10.7. The molecular formula is C15H22N4S. The van der Waals surface area contributed by atoms with E-state index >= 15 is 0 Å². The molecule has 1 N–H and O–H groups in total. The first kappa shape index (κ1) is 14.9. The van der Waals surface area contributed by atoms with Crippen LogP contribution < -0.4 is 10.2 Å². The van der Waals surface area contributed by atoms with E-state index in [4.69, 9.17) is 0 Å². The number of aromatic nitrogens is 2. The molecule has 0 spiro atoms. The van der Waals surface area contributed by atoms with Crippen molar-refractivity contribution in [1.82, 2.24) is 15.3 Å². The van der Waals surface area contributed by atoms with Crippen LogP contribution in [0.4, 0.5) is 5.82 Å². The van der Waals surface area contributed by atoms with Crippen molar-refractivity contribution in [2.45, 2.75) is 33.4 Å². The Morgan fingerprint density at radius 3 is 2.75 bits per heavy atom. The van der Waals surface area contributed by atoms with Gasteiger partial charge in [0.2, 0.25) is 0 Å². The zero-order valence-electron chi connectivity index (χ0n) is 12.2. The van der Waals surface area contributed by atoms with E-state index < -0.39 is 0 Å². The van der Waals surface area contributed by atoms with E-state index in [0.717, 1.165) is 44.1 Å². The molecule has 5 heteroatoms. The second-order valence-electron chi connectivity index (χ2n) is 4.64. The second-order valence-corrected chi connectivity index (χ2v) is 5.67. The third kappa shape index (κ3) is 4.28. The van der Waals surface area contributed by atoms with Gasteiger partial charge in [-0.3, -0.25) is 4.98 Å². The van der Waals surface area contributed by atoms with Crippen LogP contribution in [-0.4, -0.2) is 23.1 Å². The summed E-state index contributed by atoms with van der Waals surface area (Å²) in [4.78, 5) is 12.6. The minimum atomic E-state index is 0.790. The van der Waals surface area contributed by atoms with Gasteiger partial charge in [0.25, 0.3) is 0 Å². The molecule has 0 atom stereocenters. The summed E-state index contributed by atoms with van der Waals surface area (Å²) in [5.41, 5.74) is 0.995. The SMILES string of the molecule is CCCNCc1cnc(N(CC)Cc2cccs2)cn1. The van der Waals surface area contributed by atoms with E-state index in [-0.39, 0.29) is 0 Å². The maximum Gasteiger partial charge on any atom is 0.147 e. The lowest BCUT2D eigenvalue weighted by atomic mass is 10.4. The topological polar surface area (TPSA) is 41.1 Å². The number of nitrogens with one attached hydrogen (secondary N) is 1. The summed E-state index contributed by atoms with van der Waals surface area (Å²) >= 11 is 1.78. The first-order valence-electron chi connectivity index (χ1n) is 7.12. The molecule has 20 heavy (non-hydrogen) atoms. The van der Waals surface area contributed by atoms with Crippen LogP contribution in [0.25, 0.3) is 0 Å². The van der Waals surface area contributed by atoms with Crippen LogP contribution in [0.2, 0.25) is 0 Å². The zero-order valence-corrected chi connectivity index (χ0v) is 13.0. The first-order chi connectivity index (χ1) is 9.83. The quantitative estimate of drug-likeness (QED) is 0.759. The lowest BCUT2D eigenvalue weighted by molar-refractivity contribution is 0.661. The van der Waals surface area contributed by atoms with E-state index in [9.17, 15) is 0 Å². The average Bonchev–Trinajstić information content (AvgIpc) is 2.99. The third-order valence-electron chi connectivity index (χ3n) is 3.06. The van der Waals surface area contributed by atoms with Crippen molar-refractivity contribution >= 4 is 17.2 Å². The standard InChI is InChI=1S/C15H22N4S/c1-3-7-16-9-13-10-18-15(11-17-13)19(4-2)12-14-6-5-8-20-14/h5-6,8,10-11,16H,3-4,7,9,12H2,1-2H3. The van der Waals surface area contributed by atoms with Gasteiger partial charge in [-0.25, -0.2) is 4.98 Å². The highest BCUT2D eigenvalue weighted by molar-refractivity contribution is 7.09. The molecule has 0 bridgehead atoms. The van der Waals surface area contributed by atoms with E-state index in [2.05, 4.69) is 51.5 Å². The fraction of sp³-hybridized carbons (Fsp3) is 0.467. The summed E-state index contributed by atoms with van der Waals surface area (Å²) in [5.74, 6) is 0.945. The van der Waals surface area contributed by atoms with Gasteiger partial charge < -0.3 is 10.2 Å². The van der Waals surface area contributed by atoms with Crippen LogP contribution >= 0.6 is 11.3 Å². The molecule has 2 rings (SSSR count). The Bertz CT molecular complexity index is 481. The van der Waals surface area contributed by atoms with Crippen LogP contribution in [0, 0.1) is 0 Å². The maximum absolute atomic E-state index is 4.54. The number of hydrogen-bond donors (Lipinski definition) is 1. The predicted molar refractivity (Wildman–Crippen MR) is 85.1 cm³/mol. The summed E-state index contributed by atoms with van der Waals surface area (Å²) in [5, 5.41) is 5.44. The molecule has 0 aliphatic carbocycles. The molecule has 4 nitrogen and oxygen atoms in total. The number of hydrogen-bond acceptors (Lipinski definition) is 5. The van der Waals surface area contributed by atoms with Gasteiger partial charge in [-0.15, -0.1) is 11.3 Å². The molecular weight excluding hydrogens is 268 g/mol. The monoisotopic (exact) mass is 290 g/mol. The summed E-state index contributed by atoms with van der Waals surface area (Å²) in [7, 11) is 0. The van der Waals surface area contributed by atoms with Gasteiger partial charge in [-0.2, -0.15) is 0 Å². The lowest BCUT2D eigenvalue weighted by Crippen LogP contribution is -2.23. The highest BCUT2D eigenvalue weighted by Gasteiger charge is 2.08. The van der Waals surface area contributed by atoms with Gasteiger partial charge >= 0.3 is 0 Å². The molecule has 0 aliphatic rings. The van der Waals surface area contributed by atoms with Gasteiger partial charge in [-0.1, -0.05) is 13.0 Å². The number of nitrogens with zero attached hydrogens (tertiary/aromatic N) is 3. The summed E-state index contributed by atoms with van der Waals surface area (Å²) in [6.07, 6.45) is 4.88. The Balaban J connectivity index is 1.96. The fourth-order valence-corrected chi connectivity index (χ4v) is 2.66. The molecule has 0 aromatic carbocycles. The van der Waals surface area contributed by atoms with Gasteiger partial charge in [0.15, 0.2) is 0 Å². The van der Waals surface area contributed by atoms with Crippen LogP contribution in [0.3, 0.4) is 0 Å². The molecule has 0 saturated heterocycles. The van der Waals surface area contributed by atoms with Gasteiger partial charge in [0.1, 0.15) is 5.82 Å². The van der Waals surface area contributed by atoms with Crippen molar-refractivity contribution < 1.29 is 0 Å². The summed E-state index contributed by atoms with van der Waals surface area (Å²) in [6.45, 7) is 7.94. The van der Waals surface area contributed by atoms with Crippen molar-refractivity contribution in [3.63, 3.8) is 0 Å². The first-order valence-corrected chi connectivity index (χ1v) is 8.00. The average molecular weight is 290 g/mol. The van der Waals surface area contributed by atoms with Crippen molar-refractivity contribution in [2.24, 2.45) is 0 Å². The highest BCUT2D eigenvalue weighted by Crippen LogP contribution is 2.16. The predicted octanol–water partition coefficient (Wildman–Crippen LogP) is 3.06. The molecule has 2 heterocycles. The van der Waals surface area contributed by atoms with Crippen molar-refractivity contribution in [1.29, 1.82) is 0 Å². The Morgan fingerprint density at radius 2 is 2.15 bits per heavy atom.